The summed E-state index contributed by atoms with van der Waals surface area (Å²) in [4.78, 5) is 25.5. The maximum atomic E-state index is 13.1. The Morgan fingerprint density at radius 1 is 1.11 bits per heavy atom. The molecule has 1 saturated carbocycles. The smallest absolute Gasteiger partial charge is 0.422 e. The number of nitrogens with zero attached hydrogens (tertiary/aromatic N) is 3. The molecule has 0 bridgehead atoms. The van der Waals surface area contributed by atoms with Crippen LogP contribution >= 0.6 is 0 Å². The molecule has 0 N–H and O–H groups in total. The number of ether oxygens (including phenoxy) is 1. The zero-order valence-electron chi connectivity index (χ0n) is 20.1. The molecule has 0 saturated heterocycles. The van der Waals surface area contributed by atoms with Crippen molar-refractivity contribution in [3.63, 3.8) is 0 Å². The van der Waals surface area contributed by atoms with Gasteiger partial charge in [-0.2, -0.15) is 13.2 Å². The minimum Gasteiger partial charge on any atom is -0.482 e. The van der Waals surface area contributed by atoms with Crippen molar-refractivity contribution in [3.05, 3.63) is 72.1 Å². The van der Waals surface area contributed by atoms with Crippen LogP contribution in [0.4, 0.5) is 13.2 Å². The van der Waals surface area contributed by atoms with Crippen LogP contribution in [0.15, 0.2) is 55.0 Å². The number of ketones is 1. The van der Waals surface area contributed by atoms with E-state index in [9.17, 15) is 26.4 Å². The summed E-state index contributed by atoms with van der Waals surface area (Å²) in [6.45, 7) is 0.469. The van der Waals surface area contributed by atoms with E-state index in [1.807, 2.05) is 6.92 Å². The van der Waals surface area contributed by atoms with Gasteiger partial charge in [-0.25, -0.2) is 18.4 Å². The van der Waals surface area contributed by atoms with E-state index in [2.05, 4.69) is 15.0 Å². The van der Waals surface area contributed by atoms with Gasteiger partial charge in [-0.05, 0) is 42.5 Å². The summed E-state index contributed by atoms with van der Waals surface area (Å²) in [5.41, 5.74) is 2.56. The Kier molecular flexibility index (Phi) is 7.91. The van der Waals surface area contributed by atoms with Crippen LogP contribution in [-0.4, -0.2) is 47.2 Å². The first-order valence-corrected chi connectivity index (χ1v) is 13.6. The van der Waals surface area contributed by atoms with Crippen LogP contribution < -0.4 is 4.74 Å². The van der Waals surface area contributed by atoms with E-state index in [4.69, 9.17) is 4.74 Å². The molecule has 1 aliphatic rings. The fourth-order valence-corrected chi connectivity index (χ4v) is 5.55. The largest absolute Gasteiger partial charge is 0.482 e. The number of hydrogen-bond acceptors (Lipinski definition) is 7. The van der Waals surface area contributed by atoms with Crippen molar-refractivity contribution in [1.29, 1.82) is 0 Å². The van der Waals surface area contributed by atoms with Gasteiger partial charge in [-0.15, -0.1) is 0 Å². The molecule has 7 nitrogen and oxygen atoms in total. The van der Waals surface area contributed by atoms with Crippen LogP contribution in [0.5, 0.6) is 5.75 Å². The molecule has 1 aliphatic carbocycles. The lowest BCUT2D eigenvalue weighted by molar-refractivity contribution is -0.153. The molecule has 1 fully saturated rings. The van der Waals surface area contributed by atoms with Gasteiger partial charge in [0.25, 0.3) is 0 Å². The van der Waals surface area contributed by atoms with E-state index in [0.29, 0.717) is 36.1 Å². The summed E-state index contributed by atoms with van der Waals surface area (Å²) in [5.74, 6) is -0.579. The molecular weight excluding hydrogens is 507 g/mol. The molecule has 4 rings (SSSR count). The number of hydrogen-bond donors (Lipinski definition) is 0. The third-order valence-electron chi connectivity index (χ3n) is 6.02. The maximum absolute atomic E-state index is 13.1. The number of halogens is 3. The minimum absolute atomic E-state index is 0.00835. The lowest BCUT2D eigenvalue weighted by Gasteiger charge is -2.14. The van der Waals surface area contributed by atoms with Crippen molar-refractivity contribution in [1.82, 2.24) is 15.0 Å². The molecule has 2 aromatic heterocycles. The highest BCUT2D eigenvalue weighted by Crippen LogP contribution is 2.31. The molecule has 3 aromatic rings. The first-order chi connectivity index (χ1) is 17.5. The molecule has 11 heteroatoms. The number of sulfone groups is 1. The molecule has 1 aromatic carbocycles. The van der Waals surface area contributed by atoms with Crippen molar-refractivity contribution in [2.45, 2.75) is 55.7 Å². The monoisotopic (exact) mass is 533 g/mol. The molecule has 2 heterocycles. The summed E-state index contributed by atoms with van der Waals surface area (Å²) < 4.78 is 66.6. The van der Waals surface area contributed by atoms with Gasteiger partial charge >= 0.3 is 6.18 Å². The zero-order chi connectivity index (χ0) is 26.6. The summed E-state index contributed by atoms with van der Waals surface area (Å²) in [6, 6.07) is 10.2. The Morgan fingerprint density at radius 2 is 1.84 bits per heavy atom. The highest BCUT2D eigenvalue weighted by atomic mass is 32.2. The zero-order valence-corrected chi connectivity index (χ0v) is 20.9. The SMILES string of the molecule is CCC(C(=O)Cc1ccc(-c2cncc(OCC(F)(F)F)c2)cc1)c1ccnc(CS(=O)(=O)C2CC2)n1. The molecule has 0 amide bonds. The lowest BCUT2D eigenvalue weighted by Crippen LogP contribution is -2.19. The van der Waals surface area contributed by atoms with Gasteiger partial charge in [0.05, 0.1) is 23.1 Å². The van der Waals surface area contributed by atoms with Gasteiger partial charge < -0.3 is 4.74 Å². The molecule has 0 radical (unpaired) electrons. The molecule has 0 aliphatic heterocycles. The van der Waals surface area contributed by atoms with Gasteiger partial charge in [-0.1, -0.05) is 31.2 Å². The van der Waals surface area contributed by atoms with E-state index in [0.717, 1.165) is 5.56 Å². The summed E-state index contributed by atoms with van der Waals surface area (Å²) in [5, 5.41) is -0.308. The summed E-state index contributed by atoms with van der Waals surface area (Å²) in [7, 11) is -3.27. The topological polar surface area (TPSA) is 99.1 Å². The van der Waals surface area contributed by atoms with E-state index in [1.54, 1.807) is 30.3 Å². The number of carbonyl (C=O) groups excluding carboxylic acids is 1. The number of Topliss-reactive ketones (excluding diaryl/α,β-unsaturated/α-hetero) is 1. The average Bonchev–Trinajstić information content (AvgIpc) is 3.70. The van der Waals surface area contributed by atoms with Crippen LogP contribution in [0, 0.1) is 0 Å². The predicted molar refractivity (Wildman–Crippen MR) is 131 cm³/mol. The molecule has 1 unspecified atom stereocenters. The number of aromatic nitrogens is 3. The number of rotatable bonds is 11. The molecule has 196 valence electrons. The standard InChI is InChI=1S/C26H26F3N3O4S/c1-2-22(23-9-10-31-25(32-23)15-37(34,35)21-7-8-21)24(33)11-17-3-5-18(6-4-17)19-12-20(14-30-13-19)36-16-26(27,28)29/h3-6,9-10,12-14,21-22H,2,7-8,11,15-16H2,1H3. The number of benzene rings is 1. The van der Waals surface area contributed by atoms with E-state index in [-0.39, 0.29) is 34.8 Å². The minimum atomic E-state index is -4.44. The van der Waals surface area contributed by atoms with Crippen molar-refractivity contribution < 1.29 is 31.1 Å². The van der Waals surface area contributed by atoms with E-state index in [1.165, 1.54) is 24.7 Å². The third-order valence-corrected chi connectivity index (χ3v) is 8.17. The second-order valence-electron chi connectivity index (χ2n) is 9.02. The van der Waals surface area contributed by atoms with Crippen LogP contribution in [0.3, 0.4) is 0 Å². The Morgan fingerprint density at radius 3 is 2.49 bits per heavy atom. The first-order valence-electron chi connectivity index (χ1n) is 11.8. The highest BCUT2D eigenvalue weighted by Gasteiger charge is 2.36. The van der Waals surface area contributed by atoms with E-state index < -0.39 is 28.5 Å². The lowest BCUT2D eigenvalue weighted by atomic mass is 9.92. The number of carbonyl (C=O) groups is 1. The van der Waals surface area contributed by atoms with Crippen molar-refractivity contribution >= 4 is 15.6 Å². The van der Waals surface area contributed by atoms with E-state index >= 15 is 0 Å². The quantitative estimate of drug-likeness (QED) is 0.347. The Hall–Kier alpha value is -3.34. The second kappa shape index (κ2) is 11.0. The molecular formula is C26H26F3N3O4S. The van der Waals surface area contributed by atoms with Gasteiger partial charge in [-0.3, -0.25) is 9.78 Å². The first kappa shape index (κ1) is 26.7. The van der Waals surface area contributed by atoms with Crippen LogP contribution in [0.2, 0.25) is 0 Å². The molecule has 1 atom stereocenters. The fourth-order valence-electron chi connectivity index (χ4n) is 3.97. The predicted octanol–water partition coefficient (Wildman–Crippen LogP) is 4.86. The summed E-state index contributed by atoms with van der Waals surface area (Å²) in [6.07, 6.45) is 1.77. The van der Waals surface area contributed by atoms with Gasteiger partial charge in [0.2, 0.25) is 0 Å². The number of pyridine rings is 1. The van der Waals surface area contributed by atoms with Gasteiger partial charge in [0, 0.05) is 24.4 Å². The Balaban J connectivity index is 1.42. The Labute approximate surface area is 213 Å². The average molecular weight is 534 g/mol. The van der Waals surface area contributed by atoms with Crippen LogP contribution in [0.1, 0.15) is 49.2 Å². The molecule has 37 heavy (non-hydrogen) atoms. The Bertz CT molecular complexity index is 1360. The molecule has 0 spiro atoms. The highest BCUT2D eigenvalue weighted by molar-refractivity contribution is 7.91. The number of alkyl halides is 3. The summed E-state index contributed by atoms with van der Waals surface area (Å²) >= 11 is 0. The normalized spacial score (nSPS) is 14.8. The van der Waals surface area contributed by atoms with Gasteiger partial charge in [0.15, 0.2) is 16.4 Å². The fraction of sp³-hybridized carbons (Fsp3) is 0.385. The van der Waals surface area contributed by atoms with Crippen molar-refractivity contribution in [2.24, 2.45) is 0 Å². The van der Waals surface area contributed by atoms with Crippen LogP contribution in [-0.2, 0) is 26.8 Å². The maximum Gasteiger partial charge on any atom is 0.422 e. The second-order valence-corrected chi connectivity index (χ2v) is 11.3. The third kappa shape index (κ3) is 7.34. The van der Waals surface area contributed by atoms with Gasteiger partial charge in [0.1, 0.15) is 23.1 Å². The van der Waals surface area contributed by atoms with Crippen LogP contribution in [0.25, 0.3) is 11.1 Å². The van der Waals surface area contributed by atoms with Crippen molar-refractivity contribution in [2.75, 3.05) is 6.61 Å². The van der Waals surface area contributed by atoms with Crippen molar-refractivity contribution in [3.8, 4) is 16.9 Å².